The molecule has 1 amide bonds. The zero-order chi connectivity index (χ0) is 18.9. The number of carbonyl (C=O) groups excluding carboxylic acids is 1. The molecule has 2 saturated heterocycles. The molecule has 0 radical (unpaired) electrons. The van der Waals surface area contributed by atoms with Gasteiger partial charge in [-0.2, -0.15) is 0 Å². The van der Waals surface area contributed by atoms with Crippen LogP contribution in [0.25, 0.3) is 0 Å². The molecule has 13 nitrogen and oxygen atoms in total. The van der Waals surface area contributed by atoms with Crippen LogP contribution in [0.4, 0.5) is 0 Å². The number of carbonyl (C=O) groups is 1. The van der Waals surface area contributed by atoms with Crippen molar-refractivity contribution in [2.24, 2.45) is 5.73 Å². The van der Waals surface area contributed by atoms with Gasteiger partial charge in [0.15, 0.2) is 6.23 Å². The van der Waals surface area contributed by atoms with Crippen LogP contribution in [0.2, 0.25) is 0 Å². The summed E-state index contributed by atoms with van der Waals surface area (Å²) in [5, 5.41) is 24.0. The zero-order valence-electron chi connectivity index (χ0n) is 13.6. The summed E-state index contributed by atoms with van der Waals surface area (Å²) in [5.41, 5.74) is 5.06. The van der Waals surface area contributed by atoms with Crippen molar-refractivity contribution in [3.8, 4) is 0 Å². The Bertz CT molecular complexity index is 695. The summed E-state index contributed by atoms with van der Waals surface area (Å²) in [6.07, 6.45) is -3.92. The molecule has 26 heavy (non-hydrogen) atoms. The number of hydrogen-bond donors (Lipinski definition) is 4. The van der Waals surface area contributed by atoms with E-state index in [0.29, 0.717) is 13.2 Å². The van der Waals surface area contributed by atoms with Gasteiger partial charge in [-0.3, -0.25) is 9.32 Å². The van der Waals surface area contributed by atoms with Gasteiger partial charge in [-0.15, -0.1) is 5.10 Å². The van der Waals surface area contributed by atoms with E-state index in [1.807, 2.05) is 0 Å². The number of ether oxygens (including phenoxy) is 2. The standard InChI is InChI=1S/C12H20N5O8P/c13-10(20)11-14-6-17(15-11)12-9(19)8(18)7(25-12)5-24-26(21,22)16-1-3-23-4-2-16/h6-9,12,18-19H,1-5H2,(H2,13,20)(H,21,22)/t7?,8-,9-,12-/m1/s1. The number of nitrogens with zero attached hydrogens (tertiary/aromatic N) is 4. The number of primary amides is 1. The van der Waals surface area contributed by atoms with Gasteiger partial charge in [0, 0.05) is 13.1 Å². The van der Waals surface area contributed by atoms with Crippen LogP contribution in [-0.4, -0.2) is 91.7 Å². The molecule has 2 aliphatic rings. The molecule has 2 aliphatic heterocycles. The maximum atomic E-state index is 12.3. The topological polar surface area (TPSA) is 182 Å². The predicted octanol–water partition coefficient (Wildman–Crippen LogP) is -2.55. The maximum Gasteiger partial charge on any atom is 0.405 e. The van der Waals surface area contributed by atoms with E-state index in [0.717, 1.165) is 11.0 Å². The second-order valence-electron chi connectivity index (χ2n) is 5.81. The highest BCUT2D eigenvalue weighted by atomic mass is 31.2. The van der Waals surface area contributed by atoms with Gasteiger partial charge < -0.3 is 30.3 Å². The first-order chi connectivity index (χ1) is 12.3. The first kappa shape index (κ1) is 19.3. The molecule has 14 heteroatoms. The van der Waals surface area contributed by atoms with E-state index in [1.54, 1.807) is 0 Å². The summed E-state index contributed by atoms with van der Waals surface area (Å²) in [6.45, 7) is 0.665. The first-order valence-electron chi connectivity index (χ1n) is 7.82. The fourth-order valence-electron chi connectivity index (χ4n) is 2.65. The molecule has 2 fully saturated rings. The molecule has 5 N–H and O–H groups in total. The predicted molar refractivity (Wildman–Crippen MR) is 82.6 cm³/mol. The SMILES string of the molecule is NC(=O)c1ncn([C@@H]2OC(COP(=O)(O)N3CCOCC3)[C@@H](O)[C@H]2O)n1. The lowest BCUT2D eigenvalue weighted by molar-refractivity contribution is -0.0583. The smallest absolute Gasteiger partial charge is 0.387 e. The summed E-state index contributed by atoms with van der Waals surface area (Å²) in [7, 11) is -4.08. The van der Waals surface area contributed by atoms with Crippen molar-refractivity contribution in [2.75, 3.05) is 32.9 Å². The quantitative estimate of drug-likeness (QED) is 0.373. The molecule has 3 heterocycles. The highest BCUT2D eigenvalue weighted by Gasteiger charge is 2.45. The van der Waals surface area contributed by atoms with E-state index in [9.17, 15) is 24.5 Å². The largest absolute Gasteiger partial charge is 0.405 e. The van der Waals surface area contributed by atoms with Crippen LogP contribution < -0.4 is 5.73 Å². The lowest BCUT2D eigenvalue weighted by Crippen LogP contribution is -2.36. The molecule has 1 aromatic rings. The lowest BCUT2D eigenvalue weighted by Gasteiger charge is -2.30. The van der Waals surface area contributed by atoms with Crippen LogP contribution in [0.1, 0.15) is 16.8 Å². The minimum Gasteiger partial charge on any atom is -0.387 e. The van der Waals surface area contributed by atoms with E-state index in [2.05, 4.69) is 10.1 Å². The van der Waals surface area contributed by atoms with Gasteiger partial charge in [0.2, 0.25) is 5.82 Å². The normalized spacial score (nSPS) is 32.4. The number of morpholine rings is 1. The molecular formula is C12H20N5O8P. The van der Waals surface area contributed by atoms with Crippen LogP contribution in [0, 0.1) is 0 Å². The number of rotatable bonds is 6. The van der Waals surface area contributed by atoms with Crippen molar-refractivity contribution >= 4 is 13.7 Å². The summed E-state index contributed by atoms with van der Waals surface area (Å²) in [4.78, 5) is 24.7. The lowest BCUT2D eigenvalue weighted by atomic mass is 10.1. The number of nitrogens with two attached hydrogens (primary N) is 1. The average molecular weight is 393 g/mol. The highest BCUT2D eigenvalue weighted by molar-refractivity contribution is 7.50. The molecule has 2 unspecified atom stereocenters. The zero-order valence-corrected chi connectivity index (χ0v) is 14.5. The van der Waals surface area contributed by atoms with Crippen molar-refractivity contribution in [3.63, 3.8) is 0 Å². The number of aliphatic hydroxyl groups excluding tert-OH is 2. The molecule has 0 saturated carbocycles. The molecule has 1 aromatic heterocycles. The average Bonchev–Trinajstić information content (AvgIpc) is 3.21. The summed E-state index contributed by atoms with van der Waals surface area (Å²) in [5.74, 6) is -1.13. The van der Waals surface area contributed by atoms with E-state index >= 15 is 0 Å². The third-order valence-electron chi connectivity index (χ3n) is 4.08. The van der Waals surface area contributed by atoms with Gasteiger partial charge in [0.25, 0.3) is 5.91 Å². The highest BCUT2D eigenvalue weighted by Crippen LogP contribution is 2.47. The molecule has 0 aliphatic carbocycles. The number of hydrogen-bond acceptors (Lipinski definition) is 9. The Hall–Kier alpha value is -1.44. The van der Waals surface area contributed by atoms with Gasteiger partial charge in [-0.25, -0.2) is 18.9 Å². The third-order valence-corrected chi connectivity index (χ3v) is 5.68. The molecule has 0 aromatic carbocycles. The second-order valence-corrected chi connectivity index (χ2v) is 7.62. The van der Waals surface area contributed by atoms with E-state index in [4.69, 9.17) is 19.7 Å². The summed E-state index contributed by atoms with van der Waals surface area (Å²) < 4.78 is 30.2. The fraction of sp³-hybridized carbons (Fsp3) is 0.750. The second kappa shape index (κ2) is 7.66. The van der Waals surface area contributed by atoms with Gasteiger partial charge in [-0.1, -0.05) is 0 Å². The fourth-order valence-corrected chi connectivity index (χ4v) is 3.83. The van der Waals surface area contributed by atoms with Crippen molar-refractivity contribution in [1.29, 1.82) is 0 Å². The first-order valence-corrected chi connectivity index (χ1v) is 9.35. The molecular weight excluding hydrogens is 373 g/mol. The minimum atomic E-state index is -4.08. The monoisotopic (exact) mass is 393 g/mol. The summed E-state index contributed by atoms with van der Waals surface area (Å²) in [6, 6.07) is 0. The van der Waals surface area contributed by atoms with Gasteiger partial charge in [-0.05, 0) is 0 Å². The molecule has 0 bridgehead atoms. The number of aromatic nitrogens is 3. The van der Waals surface area contributed by atoms with Crippen LogP contribution >= 0.6 is 7.75 Å². The Morgan fingerprint density at radius 2 is 2.08 bits per heavy atom. The Balaban J connectivity index is 1.62. The van der Waals surface area contributed by atoms with Crippen molar-refractivity contribution < 1.29 is 38.5 Å². The minimum absolute atomic E-state index is 0.238. The van der Waals surface area contributed by atoms with Crippen LogP contribution in [-0.2, 0) is 18.6 Å². The van der Waals surface area contributed by atoms with Crippen LogP contribution in [0.15, 0.2) is 6.33 Å². The van der Waals surface area contributed by atoms with Crippen LogP contribution in [0.3, 0.4) is 0 Å². The van der Waals surface area contributed by atoms with Crippen LogP contribution in [0.5, 0.6) is 0 Å². The van der Waals surface area contributed by atoms with Gasteiger partial charge in [0.1, 0.15) is 24.6 Å². The van der Waals surface area contributed by atoms with E-state index in [1.165, 1.54) is 4.67 Å². The van der Waals surface area contributed by atoms with Gasteiger partial charge >= 0.3 is 7.75 Å². The van der Waals surface area contributed by atoms with E-state index in [-0.39, 0.29) is 18.9 Å². The third kappa shape index (κ3) is 3.94. The molecule has 3 rings (SSSR count). The molecule has 146 valence electrons. The maximum absolute atomic E-state index is 12.3. The Morgan fingerprint density at radius 1 is 1.38 bits per heavy atom. The van der Waals surface area contributed by atoms with Crippen molar-refractivity contribution in [1.82, 2.24) is 19.4 Å². The Kier molecular flexibility index (Phi) is 5.69. The Morgan fingerprint density at radius 3 is 2.69 bits per heavy atom. The van der Waals surface area contributed by atoms with E-state index < -0.39 is 44.8 Å². The summed E-state index contributed by atoms with van der Waals surface area (Å²) >= 11 is 0. The molecule has 0 spiro atoms. The van der Waals surface area contributed by atoms with Crippen molar-refractivity contribution in [2.45, 2.75) is 24.5 Å². The Labute approximate surface area is 147 Å². The molecule has 5 atom stereocenters. The van der Waals surface area contributed by atoms with Gasteiger partial charge in [0.05, 0.1) is 19.8 Å². The number of amides is 1. The number of aliphatic hydroxyl groups is 2. The van der Waals surface area contributed by atoms with Crippen molar-refractivity contribution in [3.05, 3.63) is 12.2 Å².